The highest BCUT2D eigenvalue weighted by molar-refractivity contribution is 6.00. The second kappa shape index (κ2) is 10.7. The molecule has 0 bridgehead atoms. The minimum Gasteiger partial charge on any atom is -0.348 e. The Bertz CT molecular complexity index is 1260. The fourth-order valence-corrected chi connectivity index (χ4v) is 3.27. The van der Waals surface area contributed by atoms with E-state index in [1.807, 2.05) is 48.5 Å². The average Bonchev–Trinajstić information content (AvgIpc) is 3.40. The third-order valence-electron chi connectivity index (χ3n) is 5.01. The van der Waals surface area contributed by atoms with Gasteiger partial charge < -0.3 is 4.98 Å². The maximum Gasteiger partial charge on any atom is 0.278 e. The molecule has 7 nitrogen and oxygen atoms in total. The lowest BCUT2D eigenvalue weighted by molar-refractivity contribution is 0.100. The summed E-state index contributed by atoms with van der Waals surface area (Å²) in [6.45, 7) is 0.606. The molecule has 33 heavy (non-hydrogen) atoms. The van der Waals surface area contributed by atoms with Crippen LogP contribution in [0.4, 0.5) is 5.69 Å². The molecule has 4 rings (SSSR count). The molecule has 1 aromatic heterocycles. The van der Waals surface area contributed by atoms with E-state index >= 15 is 0 Å². The summed E-state index contributed by atoms with van der Waals surface area (Å²) < 4.78 is 0. The van der Waals surface area contributed by atoms with E-state index in [1.54, 1.807) is 41.8 Å². The van der Waals surface area contributed by atoms with E-state index in [9.17, 15) is 4.79 Å². The summed E-state index contributed by atoms with van der Waals surface area (Å²) in [6, 6.07) is 26.5. The molecular formula is C26H22N6O. The molecule has 0 spiro atoms. The zero-order chi connectivity index (χ0) is 22.9. The molecule has 7 heteroatoms. The molecule has 0 saturated heterocycles. The Morgan fingerprint density at radius 2 is 1.85 bits per heavy atom. The number of aromatic nitrogens is 2. The summed E-state index contributed by atoms with van der Waals surface area (Å²) in [5.74, 6) is -0.390. The van der Waals surface area contributed by atoms with Crippen LogP contribution in [-0.2, 0) is 6.42 Å². The van der Waals surface area contributed by atoms with E-state index in [0.717, 1.165) is 28.9 Å². The van der Waals surface area contributed by atoms with Crippen LogP contribution in [0.15, 0.2) is 96.4 Å². The van der Waals surface area contributed by atoms with Crippen molar-refractivity contribution < 1.29 is 4.79 Å². The number of rotatable bonds is 8. The van der Waals surface area contributed by atoms with Crippen molar-refractivity contribution >= 4 is 17.9 Å². The van der Waals surface area contributed by atoms with Gasteiger partial charge in [0.1, 0.15) is 6.34 Å². The Kier molecular flexibility index (Phi) is 7.01. The van der Waals surface area contributed by atoms with Gasteiger partial charge in [0.05, 0.1) is 23.6 Å². The summed E-state index contributed by atoms with van der Waals surface area (Å²) >= 11 is 0. The Morgan fingerprint density at radius 1 is 1.06 bits per heavy atom. The van der Waals surface area contributed by atoms with Crippen molar-refractivity contribution in [1.82, 2.24) is 15.4 Å². The molecule has 1 amide bonds. The van der Waals surface area contributed by atoms with Gasteiger partial charge in [-0.3, -0.25) is 9.80 Å². The molecule has 0 radical (unpaired) electrons. The maximum atomic E-state index is 12.6. The van der Waals surface area contributed by atoms with Gasteiger partial charge in [-0.1, -0.05) is 42.5 Å². The van der Waals surface area contributed by atoms with Crippen LogP contribution in [0.1, 0.15) is 21.6 Å². The van der Waals surface area contributed by atoms with Crippen molar-refractivity contribution in [3.05, 3.63) is 108 Å². The molecule has 1 heterocycles. The number of imidazole rings is 1. The molecule has 162 valence electrons. The summed E-state index contributed by atoms with van der Waals surface area (Å²) in [5.41, 5.74) is 8.24. The second-order valence-corrected chi connectivity index (χ2v) is 7.26. The zero-order valence-corrected chi connectivity index (χ0v) is 17.8. The molecule has 4 aromatic rings. The van der Waals surface area contributed by atoms with Gasteiger partial charge in [-0.05, 0) is 47.5 Å². The number of hydrogen-bond acceptors (Lipinski definition) is 4. The lowest BCUT2D eigenvalue weighted by atomic mass is 10.1. The van der Waals surface area contributed by atoms with Crippen LogP contribution in [0.25, 0.3) is 11.1 Å². The standard InChI is InChI=1S/C26H22N6O/c27-16-20-9-11-22(12-10-20)26(33)30-19-32(31-14-13-24-17-28-18-29-24)25-8-4-7-23(15-25)21-5-2-1-3-6-21/h1-12,15,17-19,31H,13-14H2,(H,28,29). The van der Waals surface area contributed by atoms with Crippen LogP contribution in [0.3, 0.4) is 0 Å². The van der Waals surface area contributed by atoms with Gasteiger partial charge in [0.15, 0.2) is 0 Å². The number of nitrogens with zero attached hydrogens (tertiary/aromatic N) is 4. The number of nitriles is 1. The Labute approximate surface area is 192 Å². The lowest BCUT2D eigenvalue weighted by Gasteiger charge is -2.21. The van der Waals surface area contributed by atoms with Gasteiger partial charge in [0.25, 0.3) is 5.91 Å². The van der Waals surface area contributed by atoms with Crippen molar-refractivity contribution in [2.24, 2.45) is 4.99 Å². The number of H-pyrrole nitrogens is 1. The third kappa shape index (κ3) is 5.79. The van der Waals surface area contributed by atoms with E-state index in [2.05, 4.69) is 32.5 Å². The van der Waals surface area contributed by atoms with Gasteiger partial charge in [-0.2, -0.15) is 10.3 Å². The minimum atomic E-state index is -0.390. The molecule has 0 fully saturated rings. The predicted molar refractivity (Wildman–Crippen MR) is 129 cm³/mol. The van der Waals surface area contributed by atoms with E-state index in [1.165, 1.54) is 6.34 Å². The average molecular weight is 435 g/mol. The van der Waals surface area contributed by atoms with Crippen LogP contribution in [0.2, 0.25) is 0 Å². The monoisotopic (exact) mass is 434 g/mol. The number of amides is 1. The smallest absolute Gasteiger partial charge is 0.278 e. The number of hydrazine groups is 1. The number of carbonyl (C=O) groups is 1. The first kappa shape index (κ1) is 21.7. The number of nitrogens with one attached hydrogen (secondary N) is 2. The summed E-state index contributed by atoms with van der Waals surface area (Å²) in [7, 11) is 0. The number of anilines is 1. The molecule has 3 aromatic carbocycles. The normalized spacial score (nSPS) is 10.8. The molecule has 0 aliphatic rings. The van der Waals surface area contributed by atoms with Gasteiger partial charge in [0.2, 0.25) is 0 Å². The van der Waals surface area contributed by atoms with Crippen LogP contribution in [-0.4, -0.2) is 28.8 Å². The predicted octanol–water partition coefficient (Wildman–Crippen LogP) is 4.37. The lowest BCUT2D eigenvalue weighted by Crippen LogP contribution is -2.38. The maximum absolute atomic E-state index is 12.6. The molecule has 2 N–H and O–H groups in total. The Morgan fingerprint density at radius 3 is 2.58 bits per heavy atom. The van der Waals surface area contributed by atoms with Crippen molar-refractivity contribution in [2.45, 2.75) is 6.42 Å². The first-order chi connectivity index (χ1) is 16.2. The van der Waals surface area contributed by atoms with Crippen LogP contribution in [0, 0.1) is 11.3 Å². The quantitative estimate of drug-likeness (QED) is 0.244. The Balaban J connectivity index is 1.55. The third-order valence-corrected chi connectivity index (χ3v) is 5.01. The highest BCUT2D eigenvalue weighted by Crippen LogP contribution is 2.23. The van der Waals surface area contributed by atoms with Crippen molar-refractivity contribution in [3.63, 3.8) is 0 Å². The number of hydrogen-bond donors (Lipinski definition) is 2. The van der Waals surface area contributed by atoms with Crippen LogP contribution in [0.5, 0.6) is 0 Å². The van der Waals surface area contributed by atoms with Crippen molar-refractivity contribution in [2.75, 3.05) is 11.6 Å². The largest absolute Gasteiger partial charge is 0.348 e. The molecule has 0 saturated carbocycles. The molecule has 0 atom stereocenters. The zero-order valence-electron chi connectivity index (χ0n) is 17.8. The SMILES string of the molecule is N#Cc1ccc(C(=O)N=CN(NCCc2cnc[nH]2)c2cccc(-c3ccccc3)c2)cc1. The molecular weight excluding hydrogens is 412 g/mol. The summed E-state index contributed by atoms with van der Waals surface area (Å²) in [5, 5.41) is 10.7. The number of carbonyl (C=O) groups excluding carboxylic acids is 1. The molecule has 0 aliphatic carbocycles. The van der Waals surface area contributed by atoms with E-state index < -0.39 is 0 Å². The number of aliphatic imine (C=N–C) groups is 1. The topological polar surface area (TPSA) is 97.2 Å². The first-order valence-corrected chi connectivity index (χ1v) is 10.5. The highest BCUT2D eigenvalue weighted by Gasteiger charge is 2.09. The highest BCUT2D eigenvalue weighted by atomic mass is 16.1. The fraction of sp³-hybridized carbons (Fsp3) is 0.0769. The Hall–Kier alpha value is -4.54. The molecule has 0 unspecified atom stereocenters. The van der Waals surface area contributed by atoms with Gasteiger partial charge in [0, 0.05) is 30.4 Å². The van der Waals surface area contributed by atoms with Gasteiger partial charge >= 0.3 is 0 Å². The van der Waals surface area contributed by atoms with E-state index in [4.69, 9.17) is 5.26 Å². The number of benzene rings is 3. The minimum absolute atomic E-state index is 0.390. The van der Waals surface area contributed by atoms with Crippen LogP contribution >= 0.6 is 0 Å². The number of aromatic amines is 1. The van der Waals surface area contributed by atoms with Crippen molar-refractivity contribution in [1.29, 1.82) is 5.26 Å². The van der Waals surface area contributed by atoms with E-state index in [-0.39, 0.29) is 5.91 Å². The second-order valence-electron chi connectivity index (χ2n) is 7.26. The fourth-order valence-electron chi connectivity index (χ4n) is 3.27. The van der Waals surface area contributed by atoms with Gasteiger partial charge in [-0.15, -0.1) is 0 Å². The first-order valence-electron chi connectivity index (χ1n) is 10.5. The summed E-state index contributed by atoms with van der Waals surface area (Å²) in [6.07, 6.45) is 5.64. The summed E-state index contributed by atoms with van der Waals surface area (Å²) in [4.78, 5) is 23.8. The van der Waals surface area contributed by atoms with E-state index in [0.29, 0.717) is 17.7 Å². The van der Waals surface area contributed by atoms with Crippen molar-refractivity contribution in [3.8, 4) is 17.2 Å². The van der Waals surface area contributed by atoms with Crippen LogP contribution < -0.4 is 10.4 Å². The molecule has 0 aliphatic heterocycles. The van der Waals surface area contributed by atoms with Gasteiger partial charge in [-0.25, -0.2) is 10.4 Å².